The Morgan fingerprint density at radius 2 is 2.12 bits per heavy atom. The Morgan fingerprint density at radius 3 is 2.69 bits per heavy atom. The second-order valence-corrected chi connectivity index (χ2v) is 5.01. The molecule has 0 unspecified atom stereocenters. The average Bonchev–Trinajstić information content (AvgIpc) is 2.34. The van der Waals surface area contributed by atoms with E-state index in [9.17, 15) is 0 Å². The van der Waals surface area contributed by atoms with E-state index in [1.54, 1.807) is 11.8 Å². The summed E-state index contributed by atoms with van der Waals surface area (Å²) >= 11 is 7.09. The first-order chi connectivity index (χ1) is 7.79. The Balaban J connectivity index is 2.74. The number of para-hydroxylation sites is 1. The maximum absolute atomic E-state index is 5.43. The molecule has 0 aliphatic rings. The molecule has 0 spiro atoms. The van der Waals surface area contributed by atoms with Crippen LogP contribution >= 0.6 is 24.0 Å². The van der Waals surface area contributed by atoms with E-state index in [1.165, 1.54) is 5.69 Å². The van der Waals surface area contributed by atoms with E-state index >= 15 is 0 Å². The molecule has 1 aromatic carbocycles. The standard InChI is InChI=1S/C13H17NS2/c1-3-10-14(13(15)16-11-4-2)12-8-6-5-7-9-12/h4-9H,2-3,10-11H2,1H3. The summed E-state index contributed by atoms with van der Waals surface area (Å²) in [5, 5.41) is 0. The van der Waals surface area contributed by atoms with Gasteiger partial charge in [-0.3, -0.25) is 0 Å². The van der Waals surface area contributed by atoms with Crippen molar-refractivity contribution in [3.05, 3.63) is 43.0 Å². The molecule has 1 rings (SSSR count). The highest BCUT2D eigenvalue weighted by Crippen LogP contribution is 2.19. The molecule has 16 heavy (non-hydrogen) atoms. The Bertz CT molecular complexity index is 335. The zero-order valence-electron chi connectivity index (χ0n) is 9.56. The highest BCUT2D eigenvalue weighted by Gasteiger charge is 2.10. The number of anilines is 1. The van der Waals surface area contributed by atoms with Crippen LogP contribution in [0.3, 0.4) is 0 Å². The summed E-state index contributed by atoms with van der Waals surface area (Å²) < 4.78 is 0.924. The summed E-state index contributed by atoms with van der Waals surface area (Å²) in [6.07, 6.45) is 2.97. The zero-order valence-corrected chi connectivity index (χ0v) is 11.2. The third kappa shape index (κ3) is 3.99. The van der Waals surface area contributed by atoms with Gasteiger partial charge in [0.2, 0.25) is 0 Å². The number of benzene rings is 1. The molecule has 0 saturated heterocycles. The fraction of sp³-hybridized carbons (Fsp3) is 0.308. The van der Waals surface area contributed by atoms with Gasteiger partial charge in [0.25, 0.3) is 0 Å². The number of nitrogens with zero attached hydrogens (tertiary/aromatic N) is 1. The average molecular weight is 251 g/mol. The summed E-state index contributed by atoms with van der Waals surface area (Å²) in [5.74, 6) is 0.867. The van der Waals surface area contributed by atoms with Gasteiger partial charge in [-0.05, 0) is 18.6 Å². The topological polar surface area (TPSA) is 3.24 Å². The van der Waals surface area contributed by atoms with Crippen LogP contribution in [0.25, 0.3) is 0 Å². The molecule has 0 aliphatic carbocycles. The van der Waals surface area contributed by atoms with Crippen molar-refractivity contribution in [2.45, 2.75) is 13.3 Å². The van der Waals surface area contributed by atoms with Crippen molar-refractivity contribution in [1.82, 2.24) is 0 Å². The summed E-state index contributed by atoms with van der Waals surface area (Å²) in [5.41, 5.74) is 1.17. The lowest BCUT2D eigenvalue weighted by molar-refractivity contribution is 0.913. The van der Waals surface area contributed by atoms with Crippen molar-refractivity contribution in [2.24, 2.45) is 0 Å². The molecule has 0 N–H and O–H groups in total. The van der Waals surface area contributed by atoms with E-state index < -0.39 is 0 Å². The molecule has 3 heteroatoms. The predicted molar refractivity (Wildman–Crippen MR) is 79.3 cm³/mol. The molecule has 0 fully saturated rings. The molecule has 1 aromatic rings. The van der Waals surface area contributed by atoms with Gasteiger partial charge in [0.05, 0.1) is 0 Å². The Hall–Kier alpha value is -0.800. The van der Waals surface area contributed by atoms with Crippen LogP contribution in [0.1, 0.15) is 13.3 Å². The zero-order chi connectivity index (χ0) is 11.8. The molecule has 86 valence electrons. The van der Waals surface area contributed by atoms with E-state index in [2.05, 4.69) is 30.5 Å². The van der Waals surface area contributed by atoms with Crippen LogP contribution in [-0.2, 0) is 0 Å². The molecule has 0 heterocycles. The number of thioether (sulfide) groups is 1. The van der Waals surface area contributed by atoms with E-state index in [4.69, 9.17) is 12.2 Å². The first kappa shape index (κ1) is 13.3. The van der Waals surface area contributed by atoms with Gasteiger partial charge in [-0.1, -0.05) is 55.2 Å². The van der Waals surface area contributed by atoms with Crippen molar-refractivity contribution in [2.75, 3.05) is 17.2 Å². The second kappa shape index (κ2) is 7.47. The van der Waals surface area contributed by atoms with Crippen LogP contribution in [0.15, 0.2) is 43.0 Å². The monoisotopic (exact) mass is 251 g/mol. The summed E-state index contributed by atoms with van der Waals surface area (Å²) in [4.78, 5) is 2.18. The molecular formula is C13H17NS2. The molecule has 0 radical (unpaired) electrons. The third-order valence-electron chi connectivity index (χ3n) is 2.06. The maximum atomic E-state index is 5.43. The first-order valence-electron chi connectivity index (χ1n) is 5.39. The normalized spacial score (nSPS) is 9.81. The second-order valence-electron chi connectivity index (χ2n) is 3.35. The van der Waals surface area contributed by atoms with Crippen LogP contribution in [0, 0.1) is 0 Å². The molecular weight excluding hydrogens is 234 g/mol. The van der Waals surface area contributed by atoms with Crippen LogP contribution in [-0.4, -0.2) is 16.6 Å². The van der Waals surface area contributed by atoms with E-state index in [-0.39, 0.29) is 0 Å². The Labute approximate surface area is 108 Å². The molecule has 0 atom stereocenters. The van der Waals surface area contributed by atoms with Crippen LogP contribution < -0.4 is 4.90 Å². The van der Waals surface area contributed by atoms with Gasteiger partial charge in [-0.25, -0.2) is 0 Å². The quantitative estimate of drug-likeness (QED) is 0.573. The van der Waals surface area contributed by atoms with Crippen molar-refractivity contribution in [3.8, 4) is 0 Å². The van der Waals surface area contributed by atoms with Crippen LogP contribution in [0.2, 0.25) is 0 Å². The van der Waals surface area contributed by atoms with Crippen LogP contribution in [0.4, 0.5) is 5.69 Å². The number of thiocarbonyl (C=S) groups is 1. The lowest BCUT2D eigenvalue weighted by atomic mass is 10.3. The fourth-order valence-electron chi connectivity index (χ4n) is 1.37. The smallest absolute Gasteiger partial charge is 0.141 e. The van der Waals surface area contributed by atoms with Gasteiger partial charge in [0.1, 0.15) is 4.32 Å². The minimum absolute atomic E-state index is 0.867. The van der Waals surface area contributed by atoms with Crippen molar-refractivity contribution in [3.63, 3.8) is 0 Å². The van der Waals surface area contributed by atoms with Gasteiger partial charge >= 0.3 is 0 Å². The van der Waals surface area contributed by atoms with Gasteiger partial charge in [0, 0.05) is 18.0 Å². The van der Waals surface area contributed by atoms with E-state index in [0.29, 0.717) is 0 Å². The van der Waals surface area contributed by atoms with E-state index in [0.717, 1.165) is 23.0 Å². The van der Waals surface area contributed by atoms with Gasteiger partial charge in [0.15, 0.2) is 0 Å². The highest BCUT2D eigenvalue weighted by atomic mass is 32.2. The predicted octanol–water partition coefficient (Wildman–Crippen LogP) is 4.11. The molecule has 0 amide bonds. The largest absolute Gasteiger partial charge is 0.327 e. The SMILES string of the molecule is C=CCSC(=S)N(CCC)c1ccccc1. The van der Waals surface area contributed by atoms with E-state index in [1.807, 2.05) is 24.3 Å². The maximum Gasteiger partial charge on any atom is 0.141 e. The van der Waals surface area contributed by atoms with Gasteiger partial charge in [-0.15, -0.1) is 6.58 Å². The minimum Gasteiger partial charge on any atom is -0.327 e. The third-order valence-corrected chi connectivity index (χ3v) is 3.50. The Morgan fingerprint density at radius 1 is 1.44 bits per heavy atom. The van der Waals surface area contributed by atoms with Crippen molar-refractivity contribution < 1.29 is 0 Å². The molecule has 0 saturated carbocycles. The number of rotatable bonds is 5. The molecule has 1 nitrogen and oxygen atoms in total. The molecule has 0 aliphatic heterocycles. The summed E-state index contributed by atoms with van der Waals surface area (Å²) in [7, 11) is 0. The Kier molecular flexibility index (Phi) is 6.19. The fourth-order valence-corrected chi connectivity index (χ4v) is 2.38. The lowest BCUT2D eigenvalue weighted by Crippen LogP contribution is -2.27. The molecule has 0 aromatic heterocycles. The van der Waals surface area contributed by atoms with Crippen molar-refractivity contribution >= 4 is 34.0 Å². The van der Waals surface area contributed by atoms with Gasteiger partial charge < -0.3 is 4.90 Å². The molecule has 0 bridgehead atoms. The minimum atomic E-state index is 0.867. The number of hydrogen-bond acceptors (Lipinski definition) is 2. The van der Waals surface area contributed by atoms with Crippen LogP contribution in [0.5, 0.6) is 0 Å². The summed E-state index contributed by atoms with van der Waals surface area (Å²) in [6.45, 7) is 6.84. The number of hydrogen-bond donors (Lipinski definition) is 0. The van der Waals surface area contributed by atoms with Gasteiger partial charge in [-0.2, -0.15) is 0 Å². The highest BCUT2D eigenvalue weighted by molar-refractivity contribution is 8.23. The summed E-state index contributed by atoms with van der Waals surface area (Å²) in [6, 6.07) is 10.3. The lowest BCUT2D eigenvalue weighted by Gasteiger charge is -2.24. The first-order valence-corrected chi connectivity index (χ1v) is 6.79. The van der Waals surface area contributed by atoms with Crippen molar-refractivity contribution in [1.29, 1.82) is 0 Å².